The van der Waals surface area contributed by atoms with E-state index in [1.165, 1.54) is 6.21 Å². The lowest BCUT2D eigenvalue weighted by molar-refractivity contribution is 0.137. The molecule has 5 heteroatoms. The first kappa shape index (κ1) is 15.0. The van der Waals surface area contributed by atoms with Gasteiger partial charge in [0, 0.05) is 0 Å². The van der Waals surface area contributed by atoms with Crippen molar-refractivity contribution in [2.45, 2.75) is 32.9 Å². The molecule has 0 fully saturated rings. The summed E-state index contributed by atoms with van der Waals surface area (Å²) in [5.41, 5.74) is 0.925. The molecule has 0 saturated carbocycles. The number of alkyl carbamates (subject to hydrolysis) is 1. The van der Waals surface area contributed by atoms with Gasteiger partial charge in [-0.2, -0.15) is 0 Å². The summed E-state index contributed by atoms with van der Waals surface area (Å²) < 4.78 is 5.09. The van der Waals surface area contributed by atoms with E-state index in [0.29, 0.717) is 12.3 Å². The minimum absolute atomic E-state index is 0.220. The molecule has 1 amide bonds. The molecule has 0 spiro atoms. The van der Waals surface area contributed by atoms with E-state index in [9.17, 15) is 4.79 Å². The molecule has 0 aliphatic rings. The number of carbonyl (C=O) groups is 1. The molecule has 19 heavy (non-hydrogen) atoms. The van der Waals surface area contributed by atoms with Crippen molar-refractivity contribution in [3.8, 4) is 0 Å². The van der Waals surface area contributed by atoms with Crippen LogP contribution in [-0.2, 0) is 11.3 Å². The second-order valence-corrected chi connectivity index (χ2v) is 4.71. The molecule has 1 aromatic rings. The van der Waals surface area contributed by atoms with Crippen molar-refractivity contribution in [1.82, 2.24) is 5.32 Å². The van der Waals surface area contributed by atoms with E-state index in [1.54, 1.807) is 0 Å². The molecule has 0 bridgehead atoms. The van der Waals surface area contributed by atoms with Crippen LogP contribution < -0.4 is 5.32 Å². The van der Waals surface area contributed by atoms with Crippen molar-refractivity contribution in [2.75, 3.05) is 0 Å². The Morgan fingerprint density at radius 3 is 2.68 bits per heavy atom. The van der Waals surface area contributed by atoms with Gasteiger partial charge < -0.3 is 15.3 Å². The molecule has 0 aliphatic heterocycles. The third kappa shape index (κ3) is 6.45. The minimum atomic E-state index is -0.519. The van der Waals surface area contributed by atoms with E-state index in [0.717, 1.165) is 5.56 Å². The first-order valence-electron chi connectivity index (χ1n) is 6.26. The van der Waals surface area contributed by atoms with E-state index in [4.69, 9.17) is 9.94 Å². The molecular formula is C14H20N2O3. The number of amides is 1. The van der Waals surface area contributed by atoms with Gasteiger partial charge in [-0.05, 0) is 17.9 Å². The van der Waals surface area contributed by atoms with Gasteiger partial charge in [0.05, 0.1) is 12.3 Å². The zero-order valence-electron chi connectivity index (χ0n) is 11.2. The van der Waals surface area contributed by atoms with Crippen LogP contribution in [0, 0.1) is 5.92 Å². The van der Waals surface area contributed by atoms with Crippen LogP contribution in [0.2, 0.25) is 0 Å². The van der Waals surface area contributed by atoms with Crippen LogP contribution in [0.5, 0.6) is 0 Å². The average Bonchev–Trinajstić information content (AvgIpc) is 2.37. The fraction of sp³-hybridized carbons (Fsp3) is 0.429. The van der Waals surface area contributed by atoms with Crippen LogP contribution >= 0.6 is 0 Å². The number of carbonyl (C=O) groups excluding carboxylic acids is 1. The second kappa shape index (κ2) is 8.13. The number of rotatable bonds is 6. The summed E-state index contributed by atoms with van der Waals surface area (Å²) in [6, 6.07) is 9.11. The maximum atomic E-state index is 11.6. The highest BCUT2D eigenvalue weighted by Crippen LogP contribution is 2.04. The Morgan fingerprint density at radius 1 is 1.42 bits per heavy atom. The van der Waals surface area contributed by atoms with Crippen molar-refractivity contribution in [3.63, 3.8) is 0 Å². The van der Waals surface area contributed by atoms with E-state index in [2.05, 4.69) is 10.5 Å². The topological polar surface area (TPSA) is 70.9 Å². The van der Waals surface area contributed by atoms with Crippen molar-refractivity contribution in [3.05, 3.63) is 35.9 Å². The highest BCUT2D eigenvalue weighted by atomic mass is 16.5. The first-order valence-corrected chi connectivity index (χ1v) is 6.26. The van der Waals surface area contributed by atoms with Crippen LogP contribution in [-0.4, -0.2) is 23.6 Å². The Hall–Kier alpha value is -2.04. The number of benzene rings is 1. The largest absolute Gasteiger partial charge is 0.445 e. The molecule has 0 unspecified atom stereocenters. The van der Waals surface area contributed by atoms with Crippen LogP contribution in [0.3, 0.4) is 0 Å². The van der Waals surface area contributed by atoms with Gasteiger partial charge >= 0.3 is 6.09 Å². The van der Waals surface area contributed by atoms with Gasteiger partial charge in [0.2, 0.25) is 0 Å². The number of oxime groups is 1. The SMILES string of the molecule is CC(C)C[C@@H](C=NO)NC(=O)OCc1ccccc1. The van der Waals surface area contributed by atoms with E-state index in [1.807, 2.05) is 44.2 Å². The van der Waals surface area contributed by atoms with Gasteiger partial charge in [0.25, 0.3) is 0 Å². The summed E-state index contributed by atoms with van der Waals surface area (Å²) in [6.07, 6.45) is 1.46. The van der Waals surface area contributed by atoms with Crippen molar-refractivity contribution < 1.29 is 14.7 Å². The maximum absolute atomic E-state index is 11.6. The molecule has 1 aromatic carbocycles. The lowest BCUT2D eigenvalue weighted by Gasteiger charge is -2.15. The summed E-state index contributed by atoms with van der Waals surface area (Å²) >= 11 is 0. The summed E-state index contributed by atoms with van der Waals surface area (Å²) in [5, 5.41) is 14.2. The van der Waals surface area contributed by atoms with Crippen LogP contribution in [0.1, 0.15) is 25.8 Å². The third-order valence-electron chi connectivity index (χ3n) is 2.49. The Morgan fingerprint density at radius 2 is 2.11 bits per heavy atom. The fourth-order valence-electron chi connectivity index (χ4n) is 1.66. The highest BCUT2D eigenvalue weighted by Gasteiger charge is 2.13. The molecule has 2 N–H and O–H groups in total. The normalized spacial score (nSPS) is 12.6. The quantitative estimate of drug-likeness (QED) is 0.471. The van der Waals surface area contributed by atoms with Crippen molar-refractivity contribution >= 4 is 12.3 Å². The molecule has 0 aromatic heterocycles. The van der Waals surface area contributed by atoms with Gasteiger partial charge in [0.1, 0.15) is 6.61 Å². The number of nitrogens with zero attached hydrogens (tertiary/aromatic N) is 1. The number of ether oxygens (including phenoxy) is 1. The summed E-state index contributed by atoms with van der Waals surface area (Å²) in [6.45, 7) is 4.27. The van der Waals surface area contributed by atoms with Crippen LogP contribution in [0.15, 0.2) is 35.5 Å². The molecule has 1 atom stereocenters. The number of hydrogen-bond donors (Lipinski definition) is 2. The zero-order valence-corrected chi connectivity index (χ0v) is 11.2. The van der Waals surface area contributed by atoms with Gasteiger partial charge in [-0.3, -0.25) is 0 Å². The standard InChI is InChI=1S/C14H20N2O3/c1-11(2)8-13(9-15-18)16-14(17)19-10-12-6-4-3-5-7-12/h3-7,9,11,13,18H,8,10H2,1-2H3,(H,16,17)/t13-/m0/s1. The lowest BCUT2D eigenvalue weighted by Crippen LogP contribution is -2.37. The maximum Gasteiger partial charge on any atom is 0.407 e. The summed E-state index contributed by atoms with van der Waals surface area (Å²) in [7, 11) is 0. The van der Waals surface area contributed by atoms with Gasteiger partial charge in [-0.1, -0.05) is 49.3 Å². The lowest BCUT2D eigenvalue weighted by atomic mass is 10.1. The number of nitrogens with one attached hydrogen (secondary N) is 1. The Bertz CT molecular complexity index is 404. The van der Waals surface area contributed by atoms with Gasteiger partial charge in [-0.15, -0.1) is 0 Å². The zero-order chi connectivity index (χ0) is 14.1. The monoisotopic (exact) mass is 264 g/mol. The third-order valence-corrected chi connectivity index (χ3v) is 2.49. The second-order valence-electron chi connectivity index (χ2n) is 4.71. The van der Waals surface area contributed by atoms with Gasteiger partial charge in [-0.25, -0.2) is 4.79 Å². The van der Waals surface area contributed by atoms with E-state index in [-0.39, 0.29) is 12.6 Å². The molecule has 5 nitrogen and oxygen atoms in total. The number of hydrogen-bond acceptors (Lipinski definition) is 4. The first-order chi connectivity index (χ1) is 9.11. The fourth-order valence-corrected chi connectivity index (χ4v) is 1.66. The van der Waals surface area contributed by atoms with Crippen LogP contribution in [0.25, 0.3) is 0 Å². The smallest absolute Gasteiger partial charge is 0.407 e. The highest BCUT2D eigenvalue weighted by molar-refractivity contribution is 5.74. The molecule has 0 saturated heterocycles. The predicted molar refractivity (Wildman–Crippen MR) is 73.3 cm³/mol. The molecule has 0 aliphatic carbocycles. The van der Waals surface area contributed by atoms with Crippen LogP contribution in [0.4, 0.5) is 4.79 Å². The van der Waals surface area contributed by atoms with Crippen molar-refractivity contribution in [1.29, 1.82) is 0 Å². The Labute approximate surface area is 113 Å². The predicted octanol–water partition coefficient (Wildman–Crippen LogP) is 2.79. The summed E-state index contributed by atoms with van der Waals surface area (Å²) in [5.74, 6) is 0.373. The van der Waals surface area contributed by atoms with E-state index < -0.39 is 6.09 Å². The molecular weight excluding hydrogens is 244 g/mol. The summed E-state index contributed by atoms with van der Waals surface area (Å²) in [4.78, 5) is 11.6. The Balaban J connectivity index is 2.40. The Kier molecular flexibility index (Phi) is 6.43. The average molecular weight is 264 g/mol. The molecule has 104 valence electrons. The van der Waals surface area contributed by atoms with Gasteiger partial charge in [0.15, 0.2) is 0 Å². The van der Waals surface area contributed by atoms with Crippen molar-refractivity contribution in [2.24, 2.45) is 11.1 Å². The minimum Gasteiger partial charge on any atom is -0.445 e. The van der Waals surface area contributed by atoms with E-state index >= 15 is 0 Å². The molecule has 0 radical (unpaired) electrons. The molecule has 1 rings (SSSR count). The molecule has 0 heterocycles.